The molecule has 2 aliphatic heterocycles. The van der Waals surface area contributed by atoms with Crippen LogP contribution in [-0.2, 0) is 4.74 Å². The summed E-state index contributed by atoms with van der Waals surface area (Å²) in [6, 6.07) is 8.72. The molecule has 2 heterocycles. The van der Waals surface area contributed by atoms with Gasteiger partial charge in [0.25, 0.3) is 17.7 Å². The molecular formula is C21H19FN2O4. The topological polar surface area (TPSA) is 75.7 Å². The number of aryl methyl sites for hydroxylation is 1. The molecule has 1 fully saturated rings. The van der Waals surface area contributed by atoms with E-state index in [2.05, 4.69) is 5.32 Å². The third-order valence-electron chi connectivity index (χ3n) is 5.01. The molecule has 0 saturated carbocycles. The highest BCUT2D eigenvalue weighted by atomic mass is 19.1. The van der Waals surface area contributed by atoms with Crippen molar-refractivity contribution < 1.29 is 23.5 Å². The Morgan fingerprint density at radius 2 is 1.96 bits per heavy atom. The number of rotatable bonds is 4. The molecule has 2 aromatic rings. The fourth-order valence-electron chi connectivity index (χ4n) is 3.52. The zero-order valence-corrected chi connectivity index (χ0v) is 15.3. The van der Waals surface area contributed by atoms with Crippen LogP contribution in [0.2, 0.25) is 0 Å². The molecular weight excluding hydrogens is 363 g/mol. The van der Waals surface area contributed by atoms with E-state index in [4.69, 9.17) is 4.74 Å². The van der Waals surface area contributed by atoms with E-state index in [1.807, 2.05) is 0 Å². The van der Waals surface area contributed by atoms with Crippen molar-refractivity contribution in [3.63, 3.8) is 0 Å². The zero-order valence-electron chi connectivity index (χ0n) is 15.3. The molecule has 1 N–H and O–H groups in total. The van der Waals surface area contributed by atoms with Gasteiger partial charge < -0.3 is 10.1 Å². The highest BCUT2D eigenvalue weighted by molar-refractivity contribution is 6.22. The Balaban J connectivity index is 1.55. The van der Waals surface area contributed by atoms with Crippen molar-refractivity contribution in [2.75, 3.05) is 18.5 Å². The Kier molecular flexibility index (Phi) is 4.68. The van der Waals surface area contributed by atoms with Crippen molar-refractivity contribution in [2.45, 2.75) is 25.9 Å². The predicted octanol–water partition coefficient (Wildman–Crippen LogP) is 3.16. The molecule has 1 saturated heterocycles. The number of carbonyl (C=O) groups excluding carboxylic acids is 3. The zero-order chi connectivity index (χ0) is 19.8. The summed E-state index contributed by atoms with van der Waals surface area (Å²) in [6.07, 6.45) is 1.57. The lowest BCUT2D eigenvalue weighted by Gasteiger charge is -2.17. The normalized spacial score (nSPS) is 18.5. The number of hydrogen-bond donors (Lipinski definition) is 1. The number of fused-ring (bicyclic) bond motifs is 1. The number of benzene rings is 2. The summed E-state index contributed by atoms with van der Waals surface area (Å²) in [7, 11) is 0. The molecule has 28 heavy (non-hydrogen) atoms. The fourth-order valence-corrected chi connectivity index (χ4v) is 3.52. The number of ether oxygens (including phenoxy) is 1. The van der Waals surface area contributed by atoms with E-state index in [1.54, 1.807) is 13.0 Å². The maximum atomic E-state index is 13.9. The lowest BCUT2D eigenvalue weighted by atomic mass is 10.1. The van der Waals surface area contributed by atoms with Crippen molar-refractivity contribution in [2.24, 2.45) is 0 Å². The van der Waals surface area contributed by atoms with Gasteiger partial charge in [0.1, 0.15) is 5.82 Å². The molecule has 2 aliphatic rings. The first-order valence-corrected chi connectivity index (χ1v) is 9.13. The third-order valence-corrected chi connectivity index (χ3v) is 5.01. The van der Waals surface area contributed by atoms with E-state index in [1.165, 1.54) is 35.2 Å². The quantitative estimate of drug-likeness (QED) is 0.825. The summed E-state index contributed by atoms with van der Waals surface area (Å²) in [5.74, 6) is -1.92. The lowest BCUT2D eigenvalue weighted by Crippen LogP contribution is -2.36. The van der Waals surface area contributed by atoms with Gasteiger partial charge in [-0.25, -0.2) is 4.39 Å². The first kappa shape index (κ1) is 18.3. The molecule has 6 nitrogen and oxygen atoms in total. The molecule has 0 spiro atoms. The average molecular weight is 382 g/mol. The smallest absolute Gasteiger partial charge is 0.261 e. The molecule has 0 aromatic heterocycles. The van der Waals surface area contributed by atoms with Crippen LogP contribution in [-0.4, -0.2) is 41.9 Å². The molecule has 144 valence electrons. The van der Waals surface area contributed by atoms with Crippen molar-refractivity contribution in [3.05, 3.63) is 64.5 Å². The van der Waals surface area contributed by atoms with Gasteiger partial charge in [0.05, 0.1) is 29.5 Å². The predicted molar refractivity (Wildman–Crippen MR) is 99.9 cm³/mol. The van der Waals surface area contributed by atoms with Gasteiger partial charge in [-0.05, 0) is 55.7 Å². The summed E-state index contributed by atoms with van der Waals surface area (Å²) in [5, 5.41) is 2.51. The monoisotopic (exact) mass is 382 g/mol. The summed E-state index contributed by atoms with van der Waals surface area (Å²) >= 11 is 0. The Bertz CT molecular complexity index is 982. The SMILES string of the molecule is Cc1ccc(F)c(NC(=O)c2ccc3c(c2)C(=O)N(CC2CCCO2)C3=O)c1. The highest BCUT2D eigenvalue weighted by Crippen LogP contribution is 2.26. The van der Waals surface area contributed by atoms with Gasteiger partial charge in [0.15, 0.2) is 0 Å². The van der Waals surface area contributed by atoms with Crippen LogP contribution in [0.4, 0.5) is 10.1 Å². The maximum absolute atomic E-state index is 13.9. The van der Waals surface area contributed by atoms with Crippen LogP contribution < -0.4 is 5.32 Å². The number of carbonyl (C=O) groups is 3. The van der Waals surface area contributed by atoms with E-state index >= 15 is 0 Å². The van der Waals surface area contributed by atoms with E-state index in [9.17, 15) is 18.8 Å². The van der Waals surface area contributed by atoms with E-state index < -0.39 is 17.6 Å². The van der Waals surface area contributed by atoms with Crippen molar-refractivity contribution in [1.82, 2.24) is 4.90 Å². The Hall–Kier alpha value is -3.06. The lowest BCUT2D eigenvalue weighted by molar-refractivity contribution is 0.0475. The summed E-state index contributed by atoms with van der Waals surface area (Å²) < 4.78 is 19.4. The first-order valence-electron chi connectivity index (χ1n) is 9.13. The first-order chi connectivity index (χ1) is 13.4. The summed E-state index contributed by atoms with van der Waals surface area (Å²) in [6.45, 7) is 2.63. The second kappa shape index (κ2) is 7.16. The van der Waals surface area contributed by atoms with Gasteiger partial charge in [-0.15, -0.1) is 0 Å². The largest absolute Gasteiger partial charge is 0.376 e. The van der Waals surface area contributed by atoms with Crippen LogP contribution in [0.25, 0.3) is 0 Å². The van der Waals surface area contributed by atoms with Gasteiger partial charge in [-0.3, -0.25) is 19.3 Å². The number of halogens is 1. The Morgan fingerprint density at radius 1 is 1.18 bits per heavy atom. The van der Waals surface area contributed by atoms with Gasteiger partial charge in [0, 0.05) is 12.2 Å². The second-order valence-corrected chi connectivity index (χ2v) is 7.05. The average Bonchev–Trinajstić information content (AvgIpc) is 3.27. The molecule has 0 bridgehead atoms. The number of hydrogen-bond acceptors (Lipinski definition) is 4. The molecule has 1 unspecified atom stereocenters. The Labute approximate surface area is 161 Å². The minimum atomic E-state index is -0.551. The molecule has 3 amide bonds. The highest BCUT2D eigenvalue weighted by Gasteiger charge is 2.38. The van der Waals surface area contributed by atoms with Gasteiger partial charge in [0.2, 0.25) is 0 Å². The summed E-state index contributed by atoms with van der Waals surface area (Å²) in [4.78, 5) is 38.9. The van der Waals surface area contributed by atoms with Crippen LogP contribution >= 0.6 is 0 Å². The maximum Gasteiger partial charge on any atom is 0.261 e. The number of nitrogens with zero attached hydrogens (tertiary/aromatic N) is 1. The van der Waals surface area contributed by atoms with Crippen molar-refractivity contribution in [3.8, 4) is 0 Å². The van der Waals surface area contributed by atoms with Crippen molar-refractivity contribution >= 4 is 23.4 Å². The van der Waals surface area contributed by atoms with E-state index in [0.29, 0.717) is 6.61 Å². The Morgan fingerprint density at radius 3 is 2.71 bits per heavy atom. The summed E-state index contributed by atoms with van der Waals surface area (Å²) in [5.41, 5.74) is 1.49. The van der Waals surface area contributed by atoms with Crippen LogP contribution in [0.1, 0.15) is 49.5 Å². The van der Waals surface area contributed by atoms with E-state index in [0.717, 1.165) is 18.4 Å². The number of nitrogens with one attached hydrogen (secondary N) is 1. The van der Waals surface area contributed by atoms with Gasteiger partial charge >= 0.3 is 0 Å². The number of imide groups is 1. The van der Waals surface area contributed by atoms with Crippen molar-refractivity contribution in [1.29, 1.82) is 0 Å². The molecule has 2 aromatic carbocycles. The van der Waals surface area contributed by atoms with Crippen LogP contribution in [0.5, 0.6) is 0 Å². The van der Waals surface area contributed by atoms with Gasteiger partial charge in [-0.2, -0.15) is 0 Å². The standard InChI is InChI=1S/C21H19FN2O4/c1-12-4-7-17(22)18(9-12)23-19(25)13-5-6-15-16(10-13)21(27)24(20(15)26)11-14-3-2-8-28-14/h4-7,9-10,14H,2-3,8,11H2,1H3,(H,23,25). The third kappa shape index (κ3) is 3.29. The molecule has 1 atom stereocenters. The molecule has 7 heteroatoms. The minimum absolute atomic E-state index is 0.0629. The second-order valence-electron chi connectivity index (χ2n) is 7.05. The van der Waals surface area contributed by atoms with Gasteiger partial charge in [-0.1, -0.05) is 6.07 Å². The van der Waals surface area contributed by atoms with E-state index in [-0.39, 0.29) is 40.9 Å². The molecule has 4 rings (SSSR count). The van der Waals surface area contributed by atoms with Crippen LogP contribution in [0.3, 0.4) is 0 Å². The number of anilines is 1. The van der Waals surface area contributed by atoms with Crippen LogP contribution in [0.15, 0.2) is 36.4 Å². The fraction of sp³-hybridized carbons (Fsp3) is 0.286. The number of amides is 3. The molecule has 0 aliphatic carbocycles. The molecule has 0 radical (unpaired) electrons. The minimum Gasteiger partial charge on any atom is -0.376 e. The van der Waals surface area contributed by atoms with Crippen LogP contribution in [0, 0.1) is 12.7 Å².